The number of hydrogen-bond acceptors (Lipinski definition) is 2. The molecule has 11 heavy (non-hydrogen) atoms. The second-order valence-corrected chi connectivity index (χ2v) is 3.42. The first-order valence-corrected chi connectivity index (χ1v) is 4.48. The molecule has 0 fully saturated rings. The highest BCUT2D eigenvalue weighted by atomic mass is 16.3. The van der Waals surface area contributed by atoms with E-state index in [1.165, 1.54) is 6.42 Å². The molecular weight excluding hydrogens is 138 g/mol. The van der Waals surface area contributed by atoms with Crippen molar-refractivity contribution in [3.05, 3.63) is 0 Å². The Morgan fingerprint density at radius 3 is 2.18 bits per heavy atom. The lowest BCUT2D eigenvalue weighted by Crippen LogP contribution is -2.40. The minimum Gasteiger partial charge on any atom is -0.395 e. The molecule has 0 aromatic rings. The fraction of sp³-hybridized carbons (Fsp3) is 1.00. The van der Waals surface area contributed by atoms with Gasteiger partial charge in [-0.3, -0.25) is 0 Å². The SMILES string of the molecule is CC[C@H](C)[C@H](C)N[C@@H](C)CO. The zero-order valence-electron chi connectivity index (χ0n) is 8.09. The van der Waals surface area contributed by atoms with E-state index in [0.29, 0.717) is 12.0 Å². The maximum Gasteiger partial charge on any atom is 0.0582 e. The lowest BCUT2D eigenvalue weighted by molar-refractivity contribution is 0.229. The smallest absolute Gasteiger partial charge is 0.0582 e. The molecule has 0 aliphatic heterocycles. The monoisotopic (exact) mass is 159 g/mol. The molecule has 0 aromatic heterocycles. The highest BCUT2D eigenvalue weighted by Gasteiger charge is 2.11. The van der Waals surface area contributed by atoms with Crippen LogP contribution in [0, 0.1) is 5.92 Å². The molecule has 2 N–H and O–H groups in total. The van der Waals surface area contributed by atoms with Gasteiger partial charge in [0, 0.05) is 12.1 Å². The molecule has 0 saturated carbocycles. The van der Waals surface area contributed by atoms with E-state index in [9.17, 15) is 0 Å². The Morgan fingerprint density at radius 1 is 1.27 bits per heavy atom. The maximum absolute atomic E-state index is 8.78. The molecule has 0 aromatic carbocycles. The lowest BCUT2D eigenvalue weighted by Gasteiger charge is -2.23. The molecule has 2 heteroatoms. The van der Waals surface area contributed by atoms with E-state index in [1.54, 1.807) is 0 Å². The quantitative estimate of drug-likeness (QED) is 0.635. The third-order valence-electron chi connectivity index (χ3n) is 2.32. The van der Waals surface area contributed by atoms with Crippen LogP contribution in [0.4, 0.5) is 0 Å². The molecule has 0 aliphatic rings. The van der Waals surface area contributed by atoms with Gasteiger partial charge in [0.2, 0.25) is 0 Å². The standard InChI is InChI=1S/C9H21NO/c1-5-7(2)9(4)10-8(3)6-11/h7-11H,5-6H2,1-4H3/t7-,8-,9-/m0/s1. The van der Waals surface area contributed by atoms with Crippen LogP contribution in [0.2, 0.25) is 0 Å². The van der Waals surface area contributed by atoms with Crippen LogP contribution >= 0.6 is 0 Å². The first-order valence-electron chi connectivity index (χ1n) is 4.48. The van der Waals surface area contributed by atoms with Crippen LogP contribution in [0.25, 0.3) is 0 Å². The largest absolute Gasteiger partial charge is 0.395 e. The molecule has 2 nitrogen and oxygen atoms in total. The summed E-state index contributed by atoms with van der Waals surface area (Å²) in [6.07, 6.45) is 1.19. The second-order valence-electron chi connectivity index (χ2n) is 3.42. The van der Waals surface area contributed by atoms with Gasteiger partial charge < -0.3 is 10.4 Å². The molecule has 0 radical (unpaired) electrons. The summed E-state index contributed by atoms with van der Waals surface area (Å²) in [7, 11) is 0. The van der Waals surface area contributed by atoms with Crippen LogP contribution in [0.1, 0.15) is 34.1 Å². The maximum atomic E-state index is 8.78. The Hall–Kier alpha value is -0.0800. The van der Waals surface area contributed by atoms with Gasteiger partial charge in [0.05, 0.1) is 6.61 Å². The summed E-state index contributed by atoms with van der Waals surface area (Å²) in [4.78, 5) is 0. The van der Waals surface area contributed by atoms with E-state index in [-0.39, 0.29) is 12.6 Å². The van der Waals surface area contributed by atoms with Crippen LogP contribution in [-0.4, -0.2) is 23.8 Å². The normalized spacial score (nSPS) is 19.4. The van der Waals surface area contributed by atoms with E-state index in [4.69, 9.17) is 5.11 Å². The summed E-state index contributed by atoms with van der Waals surface area (Å²) in [6, 6.07) is 0.723. The van der Waals surface area contributed by atoms with Crippen LogP contribution in [0.15, 0.2) is 0 Å². The van der Waals surface area contributed by atoms with Gasteiger partial charge in [0.15, 0.2) is 0 Å². The van der Waals surface area contributed by atoms with Crippen molar-refractivity contribution < 1.29 is 5.11 Å². The van der Waals surface area contributed by atoms with E-state index in [0.717, 1.165) is 0 Å². The Morgan fingerprint density at radius 2 is 1.82 bits per heavy atom. The number of aliphatic hydroxyl groups is 1. The molecule has 68 valence electrons. The first-order chi connectivity index (χ1) is 5.11. The Kier molecular flexibility index (Phi) is 5.51. The third kappa shape index (κ3) is 4.38. The van der Waals surface area contributed by atoms with Crippen LogP contribution in [-0.2, 0) is 0 Å². The molecule has 0 heterocycles. The summed E-state index contributed by atoms with van der Waals surface area (Å²) >= 11 is 0. The van der Waals surface area contributed by atoms with Gasteiger partial charge in [0.1, 0.15) is 0 Å². The zero-order chi connectivity index (χ0) is 8.85. The predicted octanol–water partition coefficient (Wildman–Crippen LogP) is 1.39. The first kappa shape index (κ1) is 10.9. The van der Waals surface area contributed by atoms with Crippen LogP contribution in [0.3, 0.4) is 0 Å². The van der Waals surface area contributed by atoms with E-state index in [1.807, 2.05) is 6.92 Å². The van der Waals surface area contributed by atoms with E-state index < -0.39 is 0 Å². The van der Waals surface area contributed by atoms with Crippen molar-refractivity contribution in [2.45, 2.75) is 46.2 Å². The number of hydrogen-bond donors (Lipinski definition) is 2. The molecule has 0 spiro atoms. The molecule has 0 rings (SSSR count). The summed E-state index contributed by atoms with van der Waals surface area (Å²) in [6.45, 7) is 8.80. The Labute approximate surface area is 70.0 Å². The van der Waals surface area contributed by atoms with Gasteiger partial charge in [-0.15, -0.1) is 0 Å². The predicted molar refractivity (Wildman–Crippen MR) is 48.6 cm³/mol. The number of aliphatic hydroxyl groups excluding tert-OH is 1. The average molecular weight is 159 g/mol. The molecule has 0 saturated heterocycles. The topological polar surface area (TPSA) is 32.3 Å². The van der Waals surface area contributed by atoms with Crippen molar-refractivity contribution in [2.75, 3.05) is 6.61 Å². The van der Waals surface area contributed by atoms with Crippen molar-refractivity contribution in [3.63, 3.8) is 0 Å². The van der Waals surface area contributed by atoms with E-state index in [2.05, 4.69) is 26.1 Å². The molecular formula is C9H21NO. The van der Waals surface area contributed by atoms with Crippen molar-refractivity contribution >= 4 is 0 Å². The summed E-state index contributed by atoms with van der Waals surface area (Å²) < 4.78 is 0. The minimum absolute atomic E-state index is 0.221. The summed E-state index contributed by atoms with van der Waals surface area (Å²) in [5.74, 6) is 0.684. The van der Waals surface area contributed by atoms with Gasteiger partial charge in [-0.2, -0.15) is 0 Å². The zero-order valence-corrected chi connectivity index (χ0v) is 8.09. The summed E-state index contributed by atoms with van der Waals surface area (Å²) in [5, 5.41) is 12.1. The summed E-state index contributed by atoms with van der Waals surface area (Å²) in [5.41, 5.74) is 0. The fourth-order valence-electron chi connectivity index (χ4n) is 1.02. The number of nitrogens with one attached hydrogen (secondary N) is 1. The van der Waals surface area contributed by atoms with Crippen molar-refractivity contribution in [2.24, 2.45) is 5.92 Å². The second kappa shape index (κ2) is 5.56. The fourth-order valence-corrected chi connectivity index (χ4v) is 1.02. The van der Waals surface area contributed by atoms with Gasteiger partial charge in [-0.1, -0.05) is 20.3 Å². The van der Waals surface area contributed by atoms with Gasteiger partial charge in [-0.25, -0.2) is 0 Å². The van der Waals surface area contributed by atoms with Gasteiger partial charge in [-0.05, 0) is 19.8 Å². The molecule has 0 unspecified atom stereocenters. The lowest BCUT2D eigenvalue weighted by atomic mass is 10.0. The van der Waals surface area contributed by atoms with Gasteiger partial charge >= 0.3 is 0 Å². The molecule has 0 aliphatic carbocycles. The third-order valence-corrected chi connectivity index (χ3v) is 2.32. The van der Waals surface area contributed by atoms with E-state index >= 15 is 0 Å². The highest BCUT2D eigenvalue weighted by molar-refractivity contribution is 4.70. The average Bonchev–Trinajstić information content (AvgIpc) is 2.02. The van der Waals surface area contributed by atoms with Crippen molar-refractivity contribution in [1.82, 2.24) is 5.32 Å². The molecule has 0 amide bonds. The van der Waals surface area contributed by atoms with Crippen molar-refractivity contribution in [3.8, 4) is 0 Å². The molecule has 3 atom stereocenters. The Balaban J connectivity index is 3.58. The van der Waals surface area contributed by atoms with Crippen LogP contribution in [0.5, 0.6) is 0 Å². The van der Waals surface area contributed by atoms with Crippen molar-refractivity contribution in [1.29, 1.82) is 0 Å². The highest BCUT2D eigenvalue weighted by Crippen LogP contribution is 2.06. The van der Waals surface area contributed by atoms with Crippen LogP contribution < -0.4 is 5.32 Å². The number of rotatable bonds is 5. The Bertz CT molecular complexity index is 95.6. The molecule has 0 bridgehead atoms. The minimum atomic E-state index is 0.221. The van der Waals surface area contributed by atoms with Gasteiger partial charge in [0.25, 0.3) is 0 Å².